The van der Waals surface area contributed by atoms with E-state index in [1.807, 2.05) is 7.05 Å². The van der Waals surface area contributed by atoms with Gasteiger partial charge in [0.1, 0.15) is 0 Å². The Hall–Kier alpha value is -1.59. The molecular weight excluding hydrogens is 312 g/mol. The molecule has 2 N–H and O–H groups in total. The molecule has 0 amide bonds. The average molecular weight is 345 g/mol. The van der Waals surface area contributed by atoms with Crippen molar-refractivity contribution in [3.05, 3.63) is 35.4 Å². The van der Waals surface area contributed by atoms with Crippen LogP contribution in [0.25, 0.3) is 0 Å². The molecule has 138 valence electrons. The van der Waals surface area contributed by atoms with E-state index in [0.29, 0.717) is 12.0 Å². The van der Waals surface area contributed by atoms with Crippen molar-refractivity contribution >= 4 is 5.96 Å². The Morgan fingerprint density at radius 1 is 1.28 bits per heavy atom. The third kappa shape index (κ3) is 4.53. The Labute approximate surface area is 151 Å². The highest BCUT2D eigenvalue weighted by Crippen LogP contribution is 2.42. The topological polar surface area (TPSA) is 48.9 Å². The molecule has 3 rings (SSSR count). The molecule has 5 heteroatoms. The van der Waals surface area contributed by atoms with Gasteiger partial charge in [-0.05, 0) is 38.3 Å². The summed E-state index contributed by atoms with van der Waals surface area (Å²) in [6.07, 6.45) is 1.18. The van der Waals surface area contributed by atoms with Gasteiger partial charge in [0.2, 0.25) is 0 Å². The maximum atomic E-state index is 5.47. The SMILES string of the molecule is CN=C(NCC(C)(C)N1CCOCC1)NC1CC1c1ccccc1C. The van der Waals surface area contributed by atoms with Gasteiger partial charge in [0.05, 0.1) is 13.2 Å². The Kier molecular flexibility index (Phi) is 5.64. The van der Waals surface area contributed by atoms with Crippen LogP contribution in [0.3, 0.4) is 0 Å². The number of nitrogens with zero attached hydrogens (tertiary/aromatic N) is 2. The van der Waals surface area contributed by atoms with Crippen molar-refractivity contribution in [1.29, 1.82) is 0 Å². The van der Waals surface area contributed by atoms with E-state index in [1.165, 1.54) is 17.5 Å². The summed E-state index contributed by atoms with van der Waals surface area (Å²) < 4.78 is 5.47. The lowest BCUT2D eigenvalue weighted by molar-refractivity contribution is -0.00834. The van der Waals surface area contributed by atoms with Crippen LogP contribution < -0.4 is 10.6 Å². The van der Waals surface area contributed by atoms with Gasteiger partial charge in [-0.3, -0.25) is 9.89 Å². The third-order valence-electron chi connectivity index (χ3n) is 5.48. The molecular formula is C20H32N4O. The minimum Gasteiger partial charge on any atom is -0.379 e. The highest BCUT2D eigenvalue weighted by molar-refractivity contribution is 5.80. The molecule has 1 aliphatic carbocycles. The summed E-state index contributed by atoms with van der Waals surface area (Å²) >= 11 is 0. The molecule has 1 saturated heterocycles. The second-order valence-corrected chi connectivity index (χ2v) is 7.79. The van der Waals surface area contributed by atoms with Gasteiger partial charge in [0.25, 0.3) is 0 Å². The molecule has 1 heterocycles. The Balaban J connectivity index is 1.50. The Morgan fingerprint density at radius 3 is 2.68 bits per heavy atom. The van der Waals surface area contributed by atoms with Crippen LogP contribution >= 0.6 is 0 Å². The van der Waals surface area contributed by atoms with Gasteiger partial charge in [0, 0.05) is 44.2 Å². The van der Waals surface area contributed by atoms with Gasteiger partial charge in [0.15, 0.2) is 5.96 Å². The fourth-order valence-corrected chi connectivity index (χ4v) is 3.65. The molecule has 0 radical (unpaired) electrons. The first-order chi connectivity index (χ1) is 12.0. The molecule has 0 spiro atoms. The molecule has 0 bridgehead atoms. The monoisotopic (exact) mass is 344 g/mol. The van der Waals surface area contributed by atoms with Crippen molar-refractivity contribution in [2.24, 2.45) is 4.99 Å². The zero-order chi connectivity index (χ0) is 17.9. The summed E-state index contributed by atoms with van der Waals surface area (Å²) in [5.41, 5.74) is 2.93. The summed E-state index contributed by atoms with van der Waals surface area (Å²) in [5, 5.41) is 7.11. The van der Waals surface area contributed by atoms with E-state index in [9.17, 15) is 0 Å². The number of morpholine rings is 1. The zero-order valence-electron chi connectivity index (χ0n) is 16.0. The first-order valence-electron chi connectivity index (χ1n) is 9.37. The molecule has 25 heavy (non-hydrogen) atoms. The number of hydrogen-bond acceptors (Lipinski definition) is 3. The zero-order valence-corrected chi connectivity index (χ0v) is 16.0. The largest absolute Gasteiger partial charge is 0.379 e. The highest BCUT2D eigenvalue weighted by Gasteiger charge is 2.40. The maximum Gasteiger partial charge on any atom is 0.191 e. The maximum absolute atomic E-state index is 5.47. The molecule has 1 aromatic carbocycles. The molecule has 2 atom stereocenters. The molecule has 1 aliphatic heterocycles. The second-order valence-electron chi connectivity index (χ2n) is 7.79. The standard InChI is InChI=1S/C20H32N4O/c1-15-7-5-6-8-16(15)17-13-18(17)23-19(21-4)22-14-20(2,3)24-9-11-25-12-10-24/h5-8,17-18H,9-14H2,1-4H3,(H2,21,22,23). The molecule has 1 aromatic rings. The van der Waals surface area contributed by atoms with E-state index >= 15 is 0 Å². The number of guanidine groups is 1. The highest BCUT2D eigenvalue weighted by atomic mass is 16.5. The van der Waals surface area contributed by atoms with Crippen molar-refractivity contribution in [2.45, 2.75) is 44.7 Å². The van der Waals surface area contributed by atoms with E-state index in [0.717, 1.165) is 38.8 Å². The minimum atomic E-state index is 0.0837. The number of aryl methyl sites for hydroxylation is 1. The lowest BCUT2D eigenvalue weighted by atomic mass is 10.0. The quantitative estimate of drug-likeness (QED) is 0.635. The van der Waals surface area contributed by atoms with Crippen LogP contribution in [0.1, 0.15) is 37.3 Å². The number of nitrogens with one attached hydrogen (secondary N) is 2. The van der Waals surface area contributed by atoms with Crippen molar-refractivity contribution in [3.8, 4) is 0 Å². The van der Waals surface area contributed by atoms with Crippen molar-refractivity contribution in [3.63, 3.8) is 0 Å². The van der Waals surface area contributed by atoms with Gasteiger partial charge in [-0.15, -0.1) is 0 Å². The third-order valence-corrected chi connectivity index (χ3v) is 5.48. The van der Waals surface area contributed by atoms with Crippen molar-refractivity contribution in [2.75, 3.05) is 39.9 Å². The molecule has 1 saturated carbocycles. The number of ether oxygens (including phenoxy) is 1. The molecule has 5 nitrogen and oxygen atoms in total. The minimum absolute atomic E-state index is 0.0837. The van der Waals surface area contributed by atoms with Gasteiger partial charge in [-0.25, -0.2) is 0 Å². The van der Waals surface area contributed by atoms with E-state index in [-0.39, 0.29) is 5.54 Å². The van der Waals surface area contributed by atoms with Crippen LogP contribution in [0.2, 0.25) is 0 Å². The lowest BCUT2D eigenvalue weighted by Gasteiger charge is -2.41. The molecule has 2 aliphatic rings. The summed E-state index contributed by atoms with van der Waals surface area (Å²) in [6, 6.07) is 9.18. The number of rotatable bonds is 5. The summed E-state index contributed by atoms with van der Waals surface area (Å²) in [5.74, 6) is 1.51. The predicted molar refractivity (Wildman–Crippen MR) is 103 cm³/mol. The van der Waals surface area contributed by atoms with Gasteiger partial charge < -0.3 is 15.4 Å². The predicted octanol–water partition coefficient (Wildman–Crippen LogP) is 2.13. The van der Waals surface area contributed by atoms with Crippen LogP contribution in [-0.2, 0) is 4.74 Å². The van der Waals surface area contributed by atoms with E-state index in [2.05, 4.69) is 65.6 Å². The average Bonchev–Trinajstić information content (AvgIpc) is 3.38. The lowest BCUT2D eigenvalue weighted by Crippen LogP contribution is -2.56. The van der Waals surface area contributed by atoms with E-state index in [1.54, 1.807) is 0 Å². The van der Waals surface area contributed by atoms with Crippen LogP contribution in [0.4, 0.5) is 0 Å². The summed E-state index contributed by atoms with van der Waals surface area (Å²) in [4.78, 5) is 6.91. The second kappa shape index (κ2) is 7.75. The van der Waals surface area contributed by atoms with Crippen molar-refractivity contribution < 1.29 is 4.74 Å². The fraction of sp³-hybridized carbons (Fsp3) is 0.650. The first-order valence-corrected chi connectivity index (χ1v) is 9.37. The van der Waals surface area contributed by atoms with Crippen LogP contribution in [-0.4, -0.2) is 62.3 Å². The fourth-order valence-electron chi connectivity index (χ4n) is 3.65. The Bertz CT molecular complexity index is 607. The van der Waals surface area contributed by atoms with E-state index < -0.39 is 0 Å². The van der Waals surface area contributed by atoms with Gasteiger partial charge >= 0.3 is 0 Å². The number of benzene rings is 1. The van der Waals surface area contributed by atoms with Gasteiger partial charge in [-0.2, -0.15) is 0 Å². The van der Waals surface area contributed by atoms with Crippen LogP contribution in [0.15, 0.2) is 29.3 Å². The normalized spacial score (nSPS) is 24.9. The number of hydrogen-bond donors (Lipinski definition) is 2. The smallest absolute Gasteiger partial charge is 0.191 e. The van der Waals surface area contributed by atoms with Gasteiger partial charge in [-0.1, -0.05) is 24.3 Å². The first kappa shape index (κ1) is 18.2. The van der Waals surface area contributed by atoms with Crippen LogP contribution in [0.5, 0.6) is 0 Å². The Morgan fingerprint density at radius 2 is 2.00 bits per heavy atom. The molecule has 2 unspecified atom stereocenters. The van der Waals surface area contributed by atoms with Crippen molar-refractivity contribution in [1.82, 2.24) is 15.5 Å². The summed E-state index contributed by atoms with van der Waals surface area (Å²) in [6.45, 7) is 11.3. The van der Waals surface area contributed by atoms with Crippen LogP contribution in [0, 0.1) is 6.92 Å². The van der Waals surface area contributed by atoms with E-state index in [4.69, 9.17) is 4.74 Å². The molecule has 0 aromatic heterocycles. The summed E-state index contributed by atoms with van der Waals surface area (Å²) in [7, 11) is 1.85. The number of aliphatic imine (C=N–C) groups is 1. The molecule has 2 fully saturated rings.